The molecule has 0 fully saturated rings. The van der Waals surface area contributed by atoms with Gasteiger partial charge in [0, 0.05) is 19.3 Å². The highest BCUT2D eigenvalue weighted by Crippen LogP contribution is 2.16. The van der Waals surface area contributed by atoms with E-state index in [9.17, 15) is 14.4 Å². The van der Waals surface area contributed by atoms with Crippen LogP contribution in [0.3, 0.4) is 0 Å². The number of carbonyl (C=O) groups is 3. The van der Waals surface area contributed by atoms with Crippen LogP contribution in [0.4, 0.5) is 0 Å². The predicted molar refractivity (Wildman–Crippen MR) is 302 cm³/mol. The van der Waals surface area contributed by atoms with Crippen molar-refractivity contribution in [2.75, 3.05) is 13.2 Å². The molecule has 0 aliphatic heterocycles. The normalized spacial score (nSPS) is 12.6. The summed E-state index contributed by atoms with van der Waals surface area (Å²) in [5.41, 5.74) is 0. The second-order valence-corrected chi connectivity index (χ2v) is 19.9. The lowest BCUT2D eigenvalue weighted by Crippen LogP contribution is -2.30. The SMILES string of the molecule is CC/C=C\C/C=C\C/C=C\CCCCCC(=O)OC(COC(=O)CCCCCCCCCCCC)COC(=O)CCCCCCCCCCCCCCCC/C=C\C/C=C\C/C=C\CCCCCCC. The lowest BCUT2D eigenvalue weighted by atomic mass is 10.0. The van der Waals surface area contributed by atoms with E-state index >= 15 is 0 Å². The van der Waals surface area contributed by atoms with Crippen LogP contribution < -0.4 is 0 Å². The third kappa shape index (κ3) is 55.8. The Balaban J connectivity index is 4.15. The molecule has 404 valence electrons. The molecular weight excluding hydrogens is 865 g/mol. The molecule has 0 aromatic heterocycles. The third-order valence-electron chi connectivity index (χ3n) is 12.9. The van der Waals surface area contributed by atoms with Crippen molar-refractivity contribution < 1.29 is 28.6 Å². The minimum absolute atomic E-state index is 0.0848. The van der Waals surface area contributed by atoms with Crippen LogP contribution in [-0.2, 0) is 28.6 Å². The van der Waals surface area contributed by atoms with Crippen molar-refractivity contribution in [1.82, 2.24) is 0 Å². The Hall–Kier alpha value is -3.15. The van der Waals surface area contributed by atoms with Crippen molar-refractivity contribution in [3.8, 4) is 0 Å². The second-order valence-electron chi connectivity index (χ2n) is 19.9. The number of rotatable bonds is 54. The highest BCUT2D eigenvalue weighted by atomic mass is 16.6. The van der Waals surface area contributed by atoms with Crippen molar-refractivity contribution in [3.63, 3.8) is 0 Å². The Kier molecular flexibility index (Phi) is 55.8. The van der Waals surface area contributed by atoms with Crippen molar-refractivity contribution in [2.24, 2.45) is 0 Å². The molecule has 1 atom stereocenters. The molecule has 0 heterocycles. The first kappa shape index (κ1) is 66.9. The standard InChI is InChI=1S/C64H112O6/c1-4-7-10-13-16-19-22-24-25-26-27-28-29-30-31-32-33-34-35-36-37-38-39-41-42-45-48-51-54-57-63(66)69-60-61(59-68-62(65)56-53-50-47-44-21-18-15-12-9-6-3)70-64(67)58-55-52-49-46-43-40-23-20-17-14-11-8-5-2/h8,11,17,20,22,24,26-27,29-30,40,43,61H,4-7,9-10,12-16,18-19,21,23,25,28,31-39,41-42,44-60H2,1-3H3/b11-8-,20-17-,24-22-,27-26-,30-29-,43-40-. The quantitative estimate of drug-likeness (QED) is 0.0261. The number of allylic oxidation sites excluding steroid dienone is 12. The average molecular weight is 978 g/mol. The monoisotopic (exact) mass is 977 g/mol. The van der Waals surface area contributed by atoms with Crippen LogP contribution in [0, 0.1) is 0 Å². The Labute approximate surface area is 433 Å². The minimum Gasteiger partial charge on any atom is -0.462 e. The molecule has 70 heavy (non-hydrogen) atoms. The molecule has 0 bridgehead atoms. The summed E-state index contributed by atoms with van der Waals surface area (Å²) in [5.74, 6) is -0.909. The van der Waals surface area contributed by atoms with Gasteiger partial charge in [0.25, 0.3) is 0 Å². The summed E-state index contributed by atoms with van der Waals surface area (Å²) < 4.78 is 16.8. The highest BCUT2D eigenvalue weighted by Gasteiger charge is 2.19. The third-order valence-corrected chi connectivity index (χ3v) is 12.9. The van der Waals surface area contributed by atoms with E-state index in [4.69, 9.17) is 14.2 Å². The van der Waals surface area contributed by atoms with Crippen LogP contribution in [0.15, 0.2) is 72.9 Å². The molecule has 0 rings (SSSR count). The van der Waals surface area contributed by atoms with Crippen molar-refractivity contribution >= 4 is 17.9 Å². The zero-order valence-electron chi connectivity index (χ0n) is 46.3. The van der Waals surface area contributed by atoms with Crippen molar-refractivity contribution in [1.29, 1.82) is 0 Å². The van der Waals surface area contributed by atoms with Gasteiger partial charge in [0.2, 0.25) is 0 Å². The van der Waals surface area contributed by atoms with E-state index in [0.717, 1.165) is 96.3 Å². The van der Waals surface area contributed by atoms with Crippen LogP contribution in [0.5, 0.6) is 0 Å². The van der Waals surface area contributed by atoms with E-state index in [-0.39, 0.29) is 31.1 Å². The Bertz CT molecular complexity index is 1310. The summed E-state index contributed by atoms with van der Waals surface area (Å²) in [6.45, 7) is 6.49. The maximum absolute atomic E-state index is 12.8. The van der Waals surface area contributed by atoms with Gasteiger partial charge in [0.05, 0.1) is 0 Å². The van der Waals surface area contributed by atoms with Gasteiger partial charge in [-0.3, -0.25) is 14.4 Å². The fourth-order valence-electron chi connectivity index (χ4n) is 8.47. The van der Waals surface area contributed by atoms with E-state index in [0.29, 0.717) is 19.3 Å². The average Bonchev–Trinajstić information content (AvgIpc) is 3.36. The maximum atomic E-state index is 12.8. The second kappa shape index (κ2) is 58.4. The number of hydrogen-bond donors (Lipinski definition) is 0. The predicted octanol–water partition coefficient (Wildman–Crippen LogP) is 20.2. The zero-order valence-corrected chi connectivity index (χ0v) is 46.3. The van der Waals surface area contributed by atoms with Gasteiger partial charge in [-0.05, 0) is 89.9 Å². The zero-order chi connectivity index (χ0) is 50.7. The van der Waals surface area contributed by atoms with E-state index in [1.165, 1.54) is 161 Å². The minimum atomic E-state index is -0.787. The van der Waals surface area contributed by atoms with Gasteiger partial charge in [-0.1, -0.05) is 261 Å². The first-order valence-electron chi connectivity index (χ1n) is 29.9. The van der Waals surface area contributed by atoms with E-state index < -0.39 is 6.10 Å². The van der Waals surface area contributed by atoms with Gasteiger partial charge in [-0.25, -0.2) is 0 Å². The molecule has 0 spiro atoms. The molecule has 0 aromatic rings. The lowest BCUT2D eigenvalue weighted by Gasteiger charge is -2.18. The largest absolute Gasteiger partial charge is 0.462 e. The first-order valence-corrected chi connectivity index (χ1v) is 29.9. The topological polar surface area (TPSA) is 78.9 Å². The lowest BCUT2D eigenvalue weighted by molar-refractivity contribution is -0.167. The van der Waals surface area contributed by atoms with Gasteiger partial charge < -0.3 is 14.2 Å². The summed E-state index contributed by atoms with van der Waals surface area (Å²) in [7, 11) is 0. The number of hydrogen-bond acceptors (Lipinski definition) is 6. The molecule has 6 heteroatoms. The molecular formula is C64H112O6. The number of carbonyl (C=O) groups excluding carboxylic acids is 3. The molecule has 1 unspecified atom stereocenters. The van der Waals surface area contributed by atoms with Crippen LogP contribution >= 0.6 is 0 Å². The van der Waals surface area contributed by atoms with Crippen molar-refractivity contribution in [3.05, 3.63) is 72.9 Å². The van der Waals surface area contributed by atoms with Gasteiger partial charge in [0.15, 0.2) is 6.10 Å². The molecule has 6 nitrogen and oxygen atoms in total. The number of ether oxygens (including phenoxy) is 3. The van der Waals surface area contributed by atoms with Crippen LogP contribution in [0.1, 0.15) is 297 Å². The molecule has 0 aliphatic rings. The summed E-state index contributed by atoms with van der Waals surface area (Å²) >= 11 is 0. The number of unbranched alkanes of at least 4 members (excludes halogenated alkanes) is 31. The number of esters is 3. The van der Waals surface area contributed by atoms with Crippen LogP contribution in [-0.4, -0.2) is 37.2 Å². The van der Waals surface area contributed by atoms with Gasteiger partial charge >= 0.3 is 17.9 Å². The van der Waals surface area contributed by atoms with Crippen LogP contribution in [0.25, 0.3) is 0 Å². The maximum Gasteiger partial charge on any atom is 0.306 e. The molecule has 0 amide bonds. The summed E-state index contributed by atoms with van der Waals surface area (Å²) in [6, 6.07) is 0. The molecule has 0 saturated heterocycles. The fourth-order valence-corrected chi connectivity index (χ4v) is 8.47. The van der Waals surface area contributed by atoms with Crippen LogP contribution in [0.2, 0.25) is 0 Å². The Morgan fingerprint density at radius 1 is 0.300 bits per heavy atom. The smallest absolute Gasteiger partial charge is 0.306 e. The fraction of sp³-hybridized carbons (Fsp3) is 0.766. The summed E-state index contributed by atoms with van der Waals surface area (Å²) in [5, 5.41) is 0. The van der Waals surface area contributed by atoms with Crippen molar-refractivity contribution in [2.45, 2.75) is 303 Å². The van der Waals surface area contributed by atoms with Gasteiger partial charge in [0.1, 0.15) is 13.2 Å². The molecule has 0 N–H and O–H groups in total. The molecule has 0 aromatic carbocycles. The Morgan fingerprint density at radius 2 is 0.557 bits per heavy atom. The van der Waals surface area contributed by atoms with E-state index in [1.54, 1.807) is 0 Å². The highest BCUT2D eigenvalue weighted by molar-refractivity contribution is 5.71. The van der Waals surface area contributed by atoms with E-state index in [1.807, 2.05) is 0 Å². The summed E-state index contributed by atoms with van der Waals surface area (Å²) in [4.78, 5) is 38.0. The van der Waals surface area contributed by atoms with E-state index in [2.05, 4.69) is 93.7 Å². The first-order chi connectivity index (χ1) is 34.5. The summed E-state index contributed by atoms with van der Waals surface area (Å²) in [6.07, 6.45) is 74.9. The Morgan fingerprint density at radius 3 is 0.886 bits per heavy atom. The molecule has 0 radical (unpaired) electrons. The van der Waals surface area contributed by atoms with Gasteiger partial charge in [-0.15, -0.1) is 0 Å². The van der Waals surface area contributed by atoms with Gasteiger partial charge in [-0.2, -0.15) is 0 Å². The molecule has 0 saturated carbocycles. The molecule has 0 aliphatic carbocycles.